The molecule has 1 N–H and O–H groups in total. The van der Waals surface area contributed by atoms with Gasteiger partial charge in [-0.3, -0.25) is 0 Å². The van der Waals surface area contributed by atoms with Gasteiger partial charge in [0.2, 0.25) is 0 Å². The number of hydrogen-bond donors (Lipinski definition) is 1. The van der Waals surface area contributed by atoms with E-state index >= 15 is 0 Å². The summed E-state index contributed by atoms with van der Waals surface area (Å²) in [5, 5.41) is 4.63. The number of fused-ring (bicyclic) bond motifs is 1. The Morgan fingerprint density at radius 2 is 2.38 bits per heavy atom. The number of H-pyrrole nitrogens is 1. The SMILES string of the molecule is Cc1ccc2c(C=CCN=[N+]=[N-])c[nH]c2c1. The van der Waals surface area contributed by atoms with Crippen molar-refractivity contribution >= 4 is 17.0 Å². The first kappa shape index (κ1) is 10.3. The Bertz CT molecular complexity index is 574. The maximum absolute atomic E-state index is 8.14. The molecular weight excluding hydrogens is 200 g/mol. The molecule has 2 aromatic rings. The summed E-state index contributed by atoms with van der Waals surface area (Å²) in [7, 11) is 0. The van der Waals surface area contributed by atoms with Gasteiger partial charge in [0.1, 0.15) is 0 Å². The van der Waals surface area contributed by atoms with Crippen LogP contribution in [0.5, 0.6) is 0 Å². The molecule has 0 unspecified atom stereocenters. The molecule has 0 radical (unpaired) electrons. The number of benzene rings is 1. The molecule has 0 aliphatic carbocycles. The average molecular weight is 212 g/mol. The van der Waals surface area contributed by atoms with Crippen molar-refractivity contribution in [3.05, 3.63) is 52.0 Å². The van der Waals surface area contributed by atoms with Crippen LogP contribution in [0, 0.1) is 6.92 Å². The summed E-state index contributed by atoms with van der Waals surface area (Å²) in [5.41, 5.74) is 11.6. The van der Waals surface area contributed by atoms with Crippen LogP contribution in [-0.2, 0) is 0 Å². The van der Waals surface area contributed by atoms with Gasteiger partial charge in [0, 0.05) is 28.6 Å². The zero-order valence-corrected chi connectivity index (χ0v) is 9.01. The van der Waals surface area contributed by atoms with Crippen molar-refractivity contribution in [1.82, 2.24) is 4.98 Å². The predicted octanol–water partition coefficient (Wildman–Crippen LogP) is 3.80. The molecule has 1 aromatic heterocycles. The quantitative estimate of drug-likeness (QED) is 0.457. The number of aromatic amines is 1. The van der Waals surface area contributed by atoms with Gasteiger partial charge in [-0.25, -0.2) is 0 Å². The summed E-state index contributed by atoms with van der Waals surface area (Å²) >= 11 is 0. The first-order valence-electron chi connectivity index (χ1n) is 5.06. The van der Waals surface area contributed by atoms with Crippen molar-refractivity contribution < 1.29 is 0 Å². The predicted molar refractivity (Wildman–Crippen MR) is 66.1 cm³/mol. The molecule has 1 aromatic carbocycles. The minimum absolute atomic E-state index is 0.384. The smallest absolute Gasteiger partial charge is 0.0462 e. The molecule has 0 spiro atoms. The van der Waals surface area contributed by atoms with Crippen molar-refractivity contribution in [2.24, 2.45) is 5.11 Å². The third kappa shape index (κ3) is 2.07. The van der Waals surface area contributed by atoms with Gasteiger partial charge in [-0.15, -0.1) is 0 Å². The van der Waals surface area contributed by atoms with Crippen molar-refractivity contribution in [1.29, 1.82) is 0 Å². The number of hydrogen-bond acceptors (Lipinski definition) is 1. The van der Waals surface area contributed by atoms with Crippen LogP contribution < -0.4 is 0 Å². The van der Waals surface area contributed by atoms with Crippen molar-refractivity contribution in [3.8, 4) is 0 Å². The molecule has 1 heterocycles. The zero-order valence-electron chi connectivity index (χ0n) is 9.01. The van der Waals surface area contributed by atoms with Gasteiger partial charge in [-0.1, -0.05) is 29.4 Å². The normalized spacial score (nSPS) is 10.8. The molecule has 0 amide bonds. The molecule has 0 saturated heterocycles. The third-order valence-corrected chi connectivity index (χ3v) is 2.42. The van der Waals surface area contributed by atoms with Crippen LogP contribution in [0.15, 0.2) is 35.6 Å². The highest BCUT2D eigenvalue weighted by Crippen LogP contribution is 2.20. The van der Waals surface area contributed by atoms with E-state index in [1.807, 2.05) is 18.3 Å². The lowest BCUT2D eigenvalue weighted by molar-refractivity contribution is 1.22. The Labute approximate surface area is 93.2 Å². The maximum atomic E-state index is 8.14. The molecule has 0 atom stereocenters. The Hall–Kier alpha value is -2.19. The summed E-state index contributed by atoms with van der Waals surface area (Å²) in [5.74, 6) is 0. The molecule has 0 saturated carbocycles. The van der Waals surface area contributed by atoms with Gasteiger partial charge in [0.25, 0.3) is 0 Å². The van der Waals surface area contributed by atoms with Crippen LogP contribution in [-0.4, -0.2) is 11.5 Å². The molecule has 0 bridgehead atoms. The minimum Gasteiger partial charge on any atom is -0.361 e. The standard InChI is InChI=1S/C12H12N4/c1-9-4-5-11-10(3-2-6-15-16-13)8-14-12(11)7-9/h2-5,7-8,14H,6H2,1H3. The molecule has 4 nitrogen and oxygen atoms in total. The lowest BCUT2D eigenvalue weighted by Crippen LogP contribution is -1.73. The van der Waals surface area contributed by atoms with Crippen LogP contribution in [0.25, 0.3) is 27.4 Å². The molecule has 0 aliphatic rings. The average Bonchev–Trinajstić information content (AvgIpc) is 2.67. The summed E-state index contributed by atoms with van der Waals surface area (Å²) in [6.45, 7) is 2.45. The van der Waals surface area contributed by atoms with E-state index in [1.54, 1.807) is 0 Å². The summed E-state index contributed by atoms with van der Waals surface area (Å²) in [4.78, 5) is 5.91. The van der Waals surface area contributed by atoms with Crippen molar-refractivity contribution in [2.75, 3.05) is 6.54 Å². The second-order valence-electron chi connectivity index (χ2n) is 3.61. The van der Waals surface area contributed by atoms with Crippen LogP contribution >= 0.6 is 0 Å². The first-order chi connectivity index (χ1) is 7.81. The molecule has 16 heavy (non-hydrogen) atoms. The lowest BCUT2D eigenvalue weighted by atomic mass is 10.1. The zero-order chi connectivity index (χ0) is 11.4. The summed E-state index contributed by atoms with van der Waals surface area (Å²) in [6.07, 6.45) is 5.77. The van der Waals surface area contributed by atoms with Crippen LogP contribution in [0.3, 0.4) is 0 Å². The van der Waals surface area contributed by atoms with E-state index in [0.29, 0.717) is 6.54 Å². The molecule has 2 rings (SSSR count). The van der Waals surface area contributed by atoms with Crippen LogP contribution in [0.2, 0.25) is 0 Å². The summed E-state index contributed by atoms with van der Waals surface area (Å²) < 4.78 is 0. The number of rotatable bonds is 3. The monoisotopic (exact) mass is 212 g/mol. The van der Waals surface area contributed by atoms with Gasteiger partial charge in [0.15, 0.2) is 0 Å². The first-order valence-corrected chi connectivity index (χ1v) is 5.06. The van der Waals surface area contributed by atoms with Gasteiger partial charge in [0.05, 0.1) is 0 Å². The third-order valence-electron chi connectivity index (χ3n) is 2.42. The van der Waals surface area contributed by atoms with E-state index in [9.17, 15) is 0 Å². The van der Waals surface area contributed by atoms with E-state index in [0.717, 1.165) is 11.1 Å². The fourth-order valence-corrected chi connectivity index (χ4v) is 1.66. The van der Waals surface area contributed by atoms with E-state index in [-0.39, 0.29) is 0 Å². The second-order valence-corrected chi connectivity index (χ2v) is 3.61. The van der Waals surface area contributed by atoms with Gasteiger partial charge in [-0.05, 0) is 29.6 Å². The van der Waals surface area contributed by atoms with E-state index in [1.165, 1.54) is 10.9 Å². The molecular formula is C12H12N4. The van der Waals surface area contributed by atoms with E-state index < -0.39 is 0 Å². The largest absolute Gasteiger partial charge is 0.361 e. The van der Waals surface area contributed by atoms with Gasteiger partial charge < -0.3 is 4.98 Å². The second kappa shape index (κ2) is 4.55. The van der Waals surface area contributed by atoms with E-state index in [2.05, 4.69) is 40.1 Å². The highest BCUT2D eigenvalue weighted by Gasteiger charge is 1.99. The highest BCUT2D eigenvalue weighted by atomic mass is 15.1. The Kier molecular flexibility index (Phi) is 2.94. The number of nitrogens with zero attached hydrogens (tertiary/aromatic N) is 3. The maximum Gasteiger partial charge on any atom is 0.0462 e. The number of aryl methyl sites for hydroxylation is 1. The molecule has 0 aliphatic heterocycles. The molecule has 80 valence electrons. The Balaban J connectivity index is 2.31. The van der Waals surface area contributed by atoms with Crippen molar-refractivity contribution in [2.45, 2.75) is 6.92 Å². The highest BCUT2D eigenvalue weighted by molar-refractivity contribution is 5.89. The fraction of sp³-hybridized carbons (Fsp3) is 0.167. The number of nitrogens with one attached hydrogen (secondary N) is 1. The van der Waals surface area contributed by atoms with Crippen LogP contribution in [0.1, 0.15) is 11.1 Å². The van der Waals surface area contributed by atoms with Gasteiger partial charge >= 0.3 is 0 Å². The van der Waals surface area contributed by atoms with Crippen molar-refractivity contribution in [3.63, 3.8) is 0 Å². The summed E-state index contributed by atoms with van der Waals surface area (Å²) in [6, 6.07) is 6.29. The van der Waals surface area contributed by atoms with E-state index in [4.69, 9.17) is 5.53 Å². The Morgan fingerprint density at radius 1 is 1.50 bits per heavy atom. The fourth-order valence-electron chi connectivity index (χ4n) is 1.66. The number of azide groups is 1. The topological polar surface area (TPSA) is 64.6 Å². The number of aromatic nitrogens is 1. The molecule has 0 fully saturated rings. The molecule has 4 heteroatoms. The minimum atomic E-state index is 0.384. The van der Waals surface area contributed by atoms with Gasteiger partial charge in [-0.2, -0.15) is 0 Å². The van der Waals surface area contributed by atoms with Crippen LogP contribution in [0.4, 0.5) is 0 Å². The Morgan fingerprint density at radius 3 is 3.19 bits per heavy atom. The lowest BCUT2D eigenvalue weighted by Gasteiger charge is -1.93.